The Bertz CT molecular complexity index is 608. The summed E-state index contributed by atoms with van der Waals surface area (Å²) in [6, 6.07) is 3.84. The Kier molecular flexibility index (Phi) is 55.7. The molecule has 0 fully saturated rings. The summed E-state index contributed by atoms with van der Waals surface area (Å²) in [5.41, 5.74) is 0. The Hall–Kier alpha value is 0.925. The maximum atomic E-state index is 10.2. The van der Waals surface area contributed by atoms with Crippen molar-refractivity contribution in [1.82, 2.24) is 0 Å². The summed E-state index contributed by atoms with van der Waals surface area (Å²) < 4.78 is 11.1. The van der Waals surface area contributed by atoms with Crippen molar-refractivity contribution in [2.45, 2.75) is 108 Å². The van der Waals surface area contributed by atoms with Crippen LogP contribution in [0.3, 0.4) is 0 Å². The van der Waals surface area contributed by atoms with Gasteiger partial charge in [0.1, 0.15) is 0 Å². The average molecular weight is 676 g/mol. The summed E-state index contributed by atoms with van der Waals surface area (Å²) in [6.45, 7) is 23.5. The van der Waals surface area contributed by atoms with E-state index in [9.17, 15) is 5.11 Å². The van der Waals surface area contributed by atoms with Crippen LogP contribution in [0.5, 0.6) is 0 Å². The van der Waals surface area contributed by atoms with Gasteiger partial charge in [-0.05, 0) is 50.7 Å². The van der Waals surface area contributed by atoms with Gasteiger partial charge < -0.3 is 44.5 Å². The number of aliphatic hydroxyl groups excluding tert-OH is 1. The van der Waals surface area contributed by atoms with Gasteiger partial charge in [-0.1, -0.05) is 95.9 Å². The van der Waals surface area contributed by atoms with E-state index < -0.39 is 6.10 Å². The van der Waals surface area contributed by atoms with E-state index in [0.717, 1.165) is 0 Å². The fourth-order valence-corrected chi connectivity index (χ4v) is 1.74. The molecule has 1 N–H and O–H groups in total. The van der Waals surface area contributed by atoms with Crippen LogP contribution in [-0.4, -0.2) is 49.4 Å². The molecule has 0 bridgehead atoms. The zero-order valence-electron chi connectivity index (χ0n) is 26.6. The molecule has 0 aliphatic rings. The van der Waals surface area contributed by atoms with Crippen LogP contribution < -0.4 is 42.8 Å². The molecule has 0 aromatic carbocycles. The molecular weight excluding hydrogens is 626 g/mol. The van der Waals surface area contributed by atoms with E-state index in [2.05, 4.69) is 68.5 Å². The molecule has 0 saturated heterocycles. The molecule has 0 rings (SSSR count). The molecule has 0 aromatic rings. The van der Waals surface area contributed by atoms with E-state index in [0.29, 0.717) is 39.1 Å². The zero-order valence-corrected chi connectivity index (χ0v) is 31.5. The van der Waals surface area contributed by atoms with Crippen molar-refractivity contribution in [2.75, 3.05) is 11.1 Å². The number of aliphatic hydroxyl groups is 1. The van der Waals surface area contributed by atoms with Gasteiger partial charge in [0, 0.05) is 4.38 Å². The van der Waals surface area contributed by atoms with E-state index in [1.165, 1.54) is 11.8 Å². The van der Waals surface area contributed by atoms with Gasteiger partial charge in [0.15, 0.2) is 0 Å². The van der Waals surface area contributed by atoms with E-state index in [1.807, 2.05) is 53.7 Å². The smallest absolute Gasteiger partial charge is 0.852 e. The molecule has 0 spiro atoms. The summed E-state index contributed by atoms with van der Waals surface area (Å²) >= 11 is 18.2. The fraction of sp³-hybridized carbons (Fsp3) is 0.846. The average Bonchev–Trinajstić information content (AvgIpc) is 2.78. The Balaban J connectivity index is -0.0000000680. The van der Waals surface area contributed by atoms with E-state index >= 15 is 0 Å². The third-order valence-electron chi connectivity index (χ3n) is 4.66. The largest absolute Gasteiger partial charge is 1.00 e. The molecule has 0 aliphatic heterocycles. The number of ether oxygens (including phenoxy) is 2. The second kappa shape index (κ2) is 38.9. The van der Waals surface area contributed by atoms with Gasteiger partial charge in [-0.3, -0.25) is 0 Å². The molecule has 0 aliphatic carbocycles. The standard InChI is InChI=1S/C8H13NOS2.C6H12OS2.C5H12O.C5H11O.C2H2BrN.2Li/c1-6(2)7(3)10-8(11)12-5-4-9;1-4(2)5(3)7-6(8)9;2*1-4(2)5(3)6;3-1-2-4;;/h6-7H,5H2,1-3H3;4-5H,1-3H3,(H,8,9);4-6H,1-3H3;4-5H,1-3H3;1H2;;/q;;;-1;;2*+1/p-1. The van der Waals surface area contributed by atoms with Gasteiger partial charge in [0.25, 0.3) is 0 Å². The number of rotatable bonds is 7. The minimum absolute atomic E-state index is 0. The maximum Gasteiger partial charge on any atom is 1.00 e. The molecule has 220 valence electrons. The van der Waals surface area contributed by atoms with Crippen LogP contribution in [0.2, 0.25) is 0 Å². The van der Waals surface area contributed by atoms with Gasteiger partial charge in [-0.2, -0.15) is 10.5 Å². The van der Waals surface area contributed by atoms with Crippen LogP contribution in [0.15, 0.2) is 0 Å². The second-order valence-corrected chi connectivity index (χ2v) is 12.4. The van der Waals surface area contributed by atoms with Gasteiger partial charge in [-0.25, -0.2) is 0 Å². The number of hydrogen-bond acceptors (Lipinski definition) is 10. The number of thioether (sulfide) groups is 1. The molecule has 0 saturated carbocycles. The number of thiocarbonyl (C=S) groups is 2. The van der Waals surface area contributed by atoms with Crippen LogP contribution in [0.4, 0.5) is 0 Å². The van der Waals surface area contributed by atoms with E-state index in [-0.39, 0.29) is 60.4 Å². The van der Waals surface area contributed by atoms with Crippen molar-refractivity contribution >= 4 is 73.5 Å². The van der Waals surface area contributed by atoms with E-state index in [1.54, 1.807) is 13.8 Å². The molecule has 0 aromatic heterocycles. The molecule has 0 amide bonds. The SMILES string of the molecule is CC(C)C(C)O.CC(C)C(C)OC(=S)SCC#N.CC(C)C(C)OC(=S)[S-].CC(C)C(C)[O-].N#CCBr.[Li+].[Li+]. The number of hydrogen-bond donors (Lipinski definition) is 1. The normalized spacial score (nSPS) is 12.1. The van der Waals surface area contributed by atoms with Crippen LogP contribution in [0, 0.1) is 46.3 Å². The predicted octanol–water partition coefficient (Wildman–Crippen LogP) is 0.796. The zero-order chi connectivity index (χ0) is 30.7. The van der Waals surface area contributed by atoms with Crippen molar-refractivity contribution in [1.29, 1.82) is 10.5 Å². The van der Waals surface area contributed by atoms with Crippen LogP contribution >= 0.6 is 52.1 Å². The summed E-state index contributed by atoms with van der Waals surface area (Å²) in [6.07, 6.45) is -0.270. The third kappa shape index (κ3) is 59.3. The molecular formula is C26H49BrLi2N2O4S4. The monoisotopic (exact) mass is 674 g/mol. The summed E-state index contributed by atoms with van der Waals surface area (Å²) in [5.74, 6) is 2.00. The Morgan fingerprint density at radius 1 is 0.821 bits per heavy atom. The van der Waals surface area contributed by atoms with Gasteiger partial charge in [-0.15, -0.1) is 6.10 Å². The molecule has 0 radical (unpaired) electrons. The van der Waals surface area contributed by atoms with Gasteiger partial charge in [0.2, 0.25) is 4.38 Å². The van der Waals surface area contributed by atoms with Crippen LogP contribution in [-0.2, 0) is 22.1 Å². The molecule has 39 heavy (non-hydrogen) atoms. The Labute approximate surface area is 293 Å². The Morgan fingerprint density at radius 3 is 1.28 bits per heavy atom. The molecule has 13 heteroatoms. The number of alkyl halides is 1. The second-order valence-electron chi connectivity index (χ2n) is 9.31. The summed E-state index contributed by atoms with van der Waals surface area (Å²) in [5, 5.41) is 35.1. The fourth-order valence-electron chi connectivity index (χ4n) is 0.701. The van der Waals surface area contributed by atoms with Crippen molar-refractivity contribution < 1.29 is 57.4 Å². The molecule has 0 heterocycles. The van der Waals surface area contributed by atoms with Crippen molar-refractivity contribution in [3.05, 3.63) is 0 Å². The van der Waals surface area contributed by atoms with Gasteiger partial charge >= 0.3 is 37.7 Å². The number of halogens is 1. The first-order valence-electron chi connectivity index (χ1n) is 12.2. The third-order valence-corrected chi connectivity index (χ3v) is 6.16. The first-order valence-corrected chi connectivity index (χ1v) is 15.5. The van der Waals surface area contributed by atoms with Gasteiger partial charge in [0.05, 0.1) is 41.5 Å². The molecule has 6 nitrogen and oxygen atoms in total. The Morgan fingerprint density at radius 2 is 1.13 bits per heavy atom. The summed E-state index contributed by atoms with van der Waals surface area (Å²) in [4.78, 5) is 0. The first-order chi connectivity index (χ1) is 16.8. The van der Waals surface area contributed by atoms with Crippen LogP contribution in [0.25, 0.3) is 0 Å². The van der Waals surface area contributed by atoms with E-state index in [4.69, 9.17) is 37.3 Å². The quantitative estimate of drug-likeness (QED) is 0.180. The number of nitriles is 2. The van der Waals surface area contributed by atoms with Crippen molar-refractivity contribution in [2.24, 2.45) is 23.7 Å². The molecule has 4 unspecified atom stereocenters. The topological polar surface area (TPSA) is 109 Å². The maximum absolute atomic E-state index is 10.2. The number of nitrogens with zero attached hydrogens (tertiary/aromatic N) is 2. The minimum Gasteiger partial charge on any atom is -0.852 e. The predicted molar refractivity (Wildman–Crippen MR) is 172 cm³/mol. The first kappa shape index (κ1) is 55.8. The van der Waals surface area contributed by atoms with Crippen molar-refractivity contribution in [3.63, 3.8) is 0 Å². The van der Waals surface area contributed by atoms with Crippen LogP contribution in [0.1, 0.15) is 83.1 Å². The van der Waals surface area contributed by atoms with Crippen molar-refractivity contribution in [3.8, 4) is 12.1 Å². The minimum atomic E-state index is -0.398. The summed E-state index contributed by atoms with van der Waals surface area (Å²) in [7, 11) is 0. The molecule has 4 atom stereocenters.